The number of carbonyl (C=O) groups is 1. The maximum absolute atomic E-state index is 12.6. The number of sulfonamides is 1. The molecule has 1 heterocycles. The number of rotatable bonds is 9. The number of benzene rings is 2. The lowest BCUT2D eigenvalue weighted by Gasteiger charge is -2.09. The first kappa shape index (κ1) is 20.7. The van der Waals surface area contributed by atoms with E-state index in [1.807, 2.05) is 41.8 Å². The van der Waals surface area contributed by atoms with Crippen LogP contribution in [0.1, 0.15) is 28.7 Å². The van der Waals surface area contributed by atoms with Gasteiger partial charge in [-0.3, -0.25) is 4.79 Å². The average Bonchev–Trinajstić information content (AvgIpc) is 3.20. The van der Waals surface area contributed by atoms with Crippen LogP contribution in [0.3, 0.4) is 0 Å². The summed E-state index contributed by atoms with van der Waals surface area (Å²) in [6.07, 6.45) is 2.18. The summed E-state index contributed by atoms with van der Waals surface area (Å²) in [5.74, 6) is 0.446. The lowest BCUT2D eigenvalue weighted by Crippen LogP contribution is -2.27. The Morgan fingerprint density at radius 3 is 2.66 bits per heavy atom. The maximum Gasteiger partial charge on any atom is 0.251 e. The van der Waals surface area contributed by atoms with Gasteiger partial charge < -0.3 is 9.88 Å². The zero-order chi connectivity index (χ0) is 20.7. The second-order valence-electron chi connectivity index (χ2n) is 6.38. The molecular weight excluding hydrogens is 390 g/mol. The zero-order valence-electron chi connectivity index (χ0n) is 16.1. The highest BCUT2D eigenvalue weighted by Gasteiger charge is 2.16. The Kier molecular flexibility index (Phi) is 6.73. The number of carbonyl (C=O) groups excluding carboxylic acids is 1. The molecule has 0 fully saturated rings. The molecule has 0 bridgehead atoms. The molecule has 3 aromatic rings. The largest absolute Gasteiger partial charge is 0.352 e. The number of nitrogens with one attached hydrogen (secondary N) is 2. The van der Waals surface area contributed by atoms with E-state index in [4.69, 9.17) is 0 Å². The van der Waals surface area contributed by atoms with Gasteiger partial charge in [-0.05, 0) is 30.7 Å². The van der Waals surface area contributed by atoms with Gasteiger partial charge in [0.1, 0.15) is 12.2 Å². The standard InChI is InChI=1S/C20H23N5O3S/c1-2-25-15-22-24-19(25)11-12-21-20(26)17-9-6-10-18(13-17)29(27,28)23-14-16-7-4-3-5-8-16/h3-10,13,15,23H,2,11-12,14H2,1H3,(H,21,26). The van der Waals surface area contributed by atoms with E-state index in [1.165, 1.54) is 12.1 Å². The molecule has 8 nitrogen and oxygen atoms in total. The van der Waals surface area contributed by atoms with E-state index in [9.17, 15) is 13.2 Å². The highest BCUT2D eigenvalue weighted by molar-refractivity contribution is 7.89. The zero-order valence-corrected chi connectivity index (χ0v) is 16.9. The average molecular weight is 414 g/mol. The summed E-state index contributed by atoms with van der Waals surface area (Å²) >= 11 is 0. The Bertz CT molecular complexity index is 1060. The topological polar surface area (TPSA) is 106 Å². The molecule has 1 amide bonds. The molecule has 0 radical (unpaired) electrons. The summed E-state index contributed by atoms with van der Waals surface area (Å²) in [5, 5.41) is 10.7. The lowest BCUT2D eigenvalue weighted by molar-refractivity contribution is 0.0953. The number of nitrogens with zero attached hydrogens (tertiary/aromatic N) is 3. The molecule has 152 valence electrons. The molecule has 3 rings (SSSR count). The Labute approximate surface area is 170 Å². The van der Waals surface area contributed by atoms with Crippen molar-refractivity contribution in [2.24, 2.45) is 0 Å². The second-order valence-corrected chi connectivity index (χ2v) is 8.14. The van der Waals surface area contributed by atoms with Crippen molar-refractivity contribution in [2.75, 3.05) is 6.54 Å². The van der Waals surface area contributed by atoms with Crippen molar-refractivity contribution in [3.63, 3.8) is 0 Å². The van der Waals surface area contributed by atoms with Crippen LogP contribution in [0.5, 0.6) is 0 Å². The van der Waals surface area contributed by atoms with Crippen molar-refractivity contribution in [1.82, 2.24) is 24.8 Å². The predicted molar refractivity (Wildman–Crippen MR) is 109 cm³/mol. The van der Waals surface area contributed by atoms with E-state index in [1.54, 1.807) is 18.5 Å². The first-order valence-corrected chi connectivity index (χ1v) is 10.8. The number of hydrogen-bond acceptors (Lipinski definition) is 5. The van der Waals surface area contributed by atoms with Gasteiger partial charge >= 0.3 is 0 Å². The Morgan fingerprint density at radius 1 is 1.10 bits per heavy atom. The van der Waals surface area contributed by atoms with Gasteiger partial charge in [-0.2, -0.15) is 0 Å². The summed E-state index contributed by atoms with van der Waals surface area (Å²) in [6.45, 7) is 3.30. The van der Waals surface area contributed by atoms with E-state index in [0.29, 0.717) is 13.0 Å². The molecule has 2 N–H and O–H groups in total. The minimum absolute atomic E-state index is 0.0480. The fraction of sp³-hybridized carbons (Fsp3) is 0.250. The molecule has 0 atom stereocenters. The van der Waals surface area contributed by atoms with Crippen LogP contribution in [0.2, 0.25) is 0 Å². The van der Waals surface area contributed by atoms with E-state index in [0.717, 1.165) is 17.9 Å². The number of aryl methyl sites for hydroxylation is 1. The van der Waals surface area contributed by atoms with Crippen molar-refractivity contribution in [1.29, 1.82) is 0 Å². The fourth-order valence-corrected chi connectivity index (χ4v) is 3.85. The van der Waals surface area contributed by atoms with Crippen molar-refractivity contribution < 1.29 is 13.2 Å². The SMILES string of the molecule is CCn1cnnc1CCNC(=O)c1cccc(S(=O)(=O)NCc2ccccc2)c1. The van der Waals surface area contributed by atoms with Gasteiger partial charge in [0.2, 0.25) is 10.0 Å². The minimum atomic E-state index is -3.73. The third-order valence-corrected chi connectivity index (χ3v) is 5.79. The van der Waals surface area contributed by atoms with Crippen molar-refractivity contribution >= 4 is 15.9 Å². The molecule has 1 aromatic heterocycles. The van der Waals surface area contributed by atoms with Gasteiger partial charge in [0.25, 0.3) is 5.91 Å². The lowest BCUT2D eigenvalue weighted by atomic mass is 10.2. The van der Waals surface area contributed by atoms with Crippen LogP contribution in [0.25, 0.3) is 0 Å². The predicted octanol–water partition coefficient (Wildman–Crippen LogP) is 1.75. The quantitative estimate of drug-likeness (QED) is 0.556. The summed E-state index contributed by atoms with van der Waals surface area (Å²) in [4.78, 5) is 12.5. The van der Waals surface area contributed by atoms with E-state index in [2.05, 4.69) is 20.2 Å². The molecule has 0 aliphatic rings. The fourth-order valence-electron chi connectivity index (χ4n) is 2.79. The van der Waals surface area contributed by atoms with Gasteiger partial charge in [0.15, 0.2) is 0 Å². The van der Waals surface area contributed by atoms with Crippen LogP contribution in [0.4, 0.5) is 0 Å². The Morgan fingerprint density at radius 2 is 1.90 bits per heavy atom. The molecule has 9 heteroatoms. The summed E-state index contributed by atoms with van der Waals surface area (Å²) in [7, 11) is -3.73. The number of hydrogen-bond donors (Lipinski definition) is 2. The summed E-state index contributed by atoms with van der Waals surface area (Å²) < 4.78 is 29.6. The van der Waals surface area contributed by atoms with Crippen molar-refractivity contribution in [3.8, 4) is 0 Å². The molecule has 0 aliphatic heterocycles. The van der Waals surface area contributed by atoms with Crippen LogP contribution < -0.4 is 10.0 Å². The second kappa shape index (κ2) is 9.44. The van der Waals surface area contributed by atoms with Crippen molar-refractivity contribution in [2.45, 2.75) is 31.3 Å². The number of aromatic nitrogens is 3. The Balaban J connectivity index is 1.61. The minimum Gasteiger partial charge on any atom is -0.352 e. The highest BCUT2D eigenvalue weighted by atomic mass is 32.2. The maximum atomic E-state index is 12.6. The Hall–Kier alpha value is -3.04. The summed E-state index contributed by atoms with van der Waals surface area (Å²) in [6, 6.07) is 15.2. The van der Waals surface area contributed by atoms with Crippen LogP contribution >= 0.6 is 0 Å². The third kappa shape index (κ3) is 5.49. The normalized spacial score (nSPS) is 11.3. The molecule has 0 saturated carbocycles. The van der Waals surface area contributed by atoms with Crippen LogP contribution in [0.15, 0.2) is 65.8 Å². The molecule has 0 aliphatic carbocycles. The van der Waals surface area contributed by atoms with Gasteiger partial charge in [-0.15, -0.1) is 10.2 Å². The van der Waals surface area contributed by atoms with Gasteiger partial charge in [-0.1, -0.05) is 36.4 Å². The van der Waals surface area contributed by atoms with E-state index < -0.39 is 10.0 Å². The smallest absolute Gasteiger partial charge is 0.251 e. The monoisotopic (exact) mass is 413 g/mol. The highest BCUT2D eigenvalue weighted by Crippen LogP contribution is 2.12. The van der Waals surface area contributed by atoms with E-state index >= 15 is 0 Å². The molecule has 29 heavy (non-hydrogen) atoms. The van der Waals surface area contributed by atoms with Crippen molar-refractivity contribution in [3.05, 3.63) is 77.9 Å². The van der Waals surface area contributed by atoms with Gasteiger partial charge in [0.05, 0.1) is 4.90 Å². The van der Waals surface area contributed by atoms with Crippen LogP contribution in [0, 0.1) is 0 Å². The first-order chi connectivity index (χ1) is 14.0. The number of amides is 1. The molecule has 0 unspecified atom stereocenters. The molecule has 0 spiro atoms. The van der Waals surface area contributed by atoms with Gasteiger partial charge in [0, 0.05) is 31.6 Å². The van der Waals surface area contributed by atoms with Gasteiger partial charge in [-0.25, -0.2) is 13.1 Å². The summed E-state index contributed by atoms with van der Waals surface area (Å²) in [5.41, 5.74) is 1.13. The molecule has 0 saturated heterocycles. The van der Waals surface area contributed by atoms with E-state index in [-0.39, 0.29) is 22.9 Å². The first-order valence-electron chi connectivity index (χ1n) is 9.28. The van der Waals surface area contributed by atoms with Crippen LogP contribution in [-0.2, 0) is 29.5 Å². The molecule has 2 aromatic carbocycles. The molecular formula is C20H23N5O3S. The van der Waals surface area contributed by atoms with Crippen LogP contribution in [-0.4, -0.2) is 35.6 Å². The third-order valence-electron chi connectivity index (χ3n) is 4.39.